The van der Waals surface area contributed by atoms with Crippen LogP contribution in [0.1, 0.15) is 25.5 Å². The van der Waals surface area contributed by atoms with Crippen molar-refractivity contribution in [2.75, 3.05) is 0 Å². The molecule has 3 nitrogen and oxygen atoms in total. The SMILES string of the molecule is CC(=O)Oc1cccc(C(O)C(C)C(F)(F)C(F)(F)C(F)(F)C(F)(F)C(F)(F)C(F)(F)F)c1. The molecule has 0 aliphatic carbocycles. The molecule has 0 aliphatic rings. The van der Waals surface area contributed by atoms with E-state index in [1.807, 2.05) is 0 Å². The largest absolute Gasteiger partial charge is 0.460 e. The first-order chi connectivity index (χ1) is 14.5. The Kier molecular flexibility index (Phi) is 7.42. The summed E-state index contributed by atoms with van der Waals surface area (Å²) in [6.45, 7) is 0.798. The highest BCUT2D eigenvalue weighted by Gasteiger charge is 2.91. The van der Waals surface area contributed by atoms with Crippen molar-refractivity contribution in [1.29, 1.82) is 0 Å². The van der Waals surface area contributed by atoms with Gasteiger partial charge in [0.25, 0.3) is 0 Å². The Morgan fingerprint density at radius 1 is 0.818 bits per heavy atom. The van der Waals surface area contributed by atoms with Gasteiger partial charge >= 0.3 is 41.8 Å². The van der Waals surface area contributed by atoms with Gasteiger partial charge in [-0.05, 0) is 17.7 Å². The summed E-state index contributed by atoms with van der Waals surface area (Å²) < 4.78 is 177. The zero-order chi connectivity index (χ0) is 26.4. The fourth-order valence-electron chi connectivity index (χ4n) is 2.48. The molecule has 0 spiro atoms. The van der Waals surface area contributed by atoms with Gasteiger partial charge in [0.1, 0.15) is 5.75 Å². The van der Waals surface area contributed by atoms with E-state index in [4.69, 9.17) is 0 Å². The summed E-state index contributed by atoms with van der Waals surface area (Å²) in [7, 11) is 0. The molecule has 0 aromatic heterocycles. The predicted molar refractivity (Wildman–Crippen MR) is 82.7 cm³/mol. The zero-order valence-corrected chi connectivity index (χ0v) is 16.1. The number of alkyl halides is 13. The zero-order valence-electron chi connectivity index (χ0n) is 16.1. The molecule has 0 bridgehead atoms. The lowest BCUT2D eigenvalue weighted by atomic mass is 9.83. The standard InChI is InChI=1S/C17H13F13O3/c1-7(11(32)9-4-3-5-10(6-9)33-8(2)31)12(18,19)13(20,21)14(22,23)15(24,25)16(26,27)17(28,29)30/h3-7,11,32H,1-2H3. The lowest BCUT2D eigenvalue weighted by Gasteiger charge is -2.42. The number of ether oxygens (including phenoxy) is 1. The number of carbonyl (C=O) groups excluding carboxylic acids is 1. The van der Waals surface area contributed by atoms with Crippen molar-refractivity contribution >= 4 is 5.97 Å². The molecule has 0 saturated carbocycles. The van der Waals surface area contributed by atoms with Crippen LogP contribution in [0.2, 0.25) is 0 Å². The van der Waals surface area contributed by atoms with Crippen molar-refractivity contribution in [3.8, 4) is 5.75 Å². The van der Waals surface area contributed by atoms with Crippen LogP contribution in [0.15, 0.2) is 24.3 Å². The van der Waals surface area contributed by atoms with Crippen molar-refractivity contribution in [2.24, 2.45) is 5.92 Å². The van der Waals surface area contributed by atoms with E-state index in [2.05, 4.69) is 4.74 Å². The highest BCUT2D eigenvalue weighted by molar-refractivity contribution is 5.69. The van der Waals surface area contributed by atoms with E-state index in [0.29, 0.717) is 6.07 Å². The average Bonchev–Trinajstić information content (AvgIpc) is 2.64. The second kappa shape index (κ2) is 8.51. The van der Waals surface area contributed by atoms with E-state index in [-0.39, 0.29) is 6.92 Å². The number of aliphatic hydroxyl groups excluding tert-OH is 1. The third-order valence-electron chi connectivity index (χ3n) is 4.46. The molecule has 16 heteroatoms. The second-order valence-corrected chi connectivity index (χ2v) is 6.82. The Balaban J connectivity index is 3.45. The molecular weight excluding hydrogens is 499 g/mol. The minimum absolute atomic E-state index is 0.0762. The smallest absolute Gasteiger partial charge is 0.427 e. The molecule has 0 fully saturated rings. The first-order valence-corrected chi connectivity index (χ1v) is 8.39. The van der Waals surface area contributed by atoms with Crippen LogP contribution >= 0.6 is 0 Å². The molecule has 0 heterocycles. The summed E-state index contributed by atoms with van der Waals surface area (Å²) in [6.07, 6.45) is -10.4. The highest BCUT2D eigenvalue weighted by atomic mass is 19.4. The fourth-order valence-corrected chi connectivity index (χ4v) is 2.48. The van der Waals surface area contributed by atoms with Gasteiger partial charge in [0.05, 0.1) is 12.0 Å². The summed E-state index contributed by atoms with van der Waals surface area (Å²) in [5.41, 5.74) is -0.799. The maximum Gasteiger partial charge on any atom is 0.460 e. The van der Waals surface area contributed by atoms with Crippen LogP contribution in [0.3, 0.4) is 0 Å². The van der Waals surface area contributed by atoms with E-state index in [1.54, 1.807) is 0 Å². The third-order valence-corrected chi connectivity index (χ3v) is 4.46. The van der Waals surface area contributed by atoms with E-state index in [0.717, 1.165) is 25.1 Å². The Morgan fingerprint density at radius 3 is 1.70 bits per heavy atom. The average molecular weight is 512 g/mol. The molecule has 2 atom stereocenters. The minimum atomic E-state index is -8.02. The van der Waals surface area contributed by atoms with Crippen LogP contribution in [-0.2, 0) is 4.79 Å². The monoisotopic (exact) mass is 512 g/mol. The molecule has 1 aromatic rings. The molecule has 190 valence electrons. The number of rotatable bonds is 8. The van der Waals surface area contributed by atoms with Gasteiger partial charge in [-0.15, -0.1) is 0 Å². The Labute approximate surface area is 176 Å². The molecule has 0 aliphatic heterocycles. The van der Waals surface area contributed by atoms with Gasteiger partial charge in [-0.1, -0.05) is 19.1 Å². The number of hydrogen-bond acceptors (Lipinski definition) is 3. The number of esters is 1. The molecule has 0 amide bonds. The summed E-state index contributed by atoms with van der Waals surface area (Å²) >= 11 is 0. The van der Waals surface area contributed by atoms with E-state index in [9.17, 15) is 67.0 Å². The summed E-state index contributed by atoms with van der Waals surface area (Å²) in [6, 6.07) is 3.24. The van der Waals surface area contributed by atoms with Crippen molar-refractivity contribution in [2.45, 2.75) is 55.7 Å². The summed E-state index contributed by atoms with van der Waals surface area (Å²) in [5.74, 6) is -42.7. The van der Waals surface area contributed by atoms with E-state index in [1.165, 1.54) is 0 Å². The number of benzene rings is 1. The molecule has 1 N–H and O–H groups in total. The fraction of sp³-hybridized carbons (Fsp3) is 0.588. The van der Waals surface area contributed by atoms with Crippen molar-refractivity contribution in [1.82, 2.24) is 0 Å². The molecular formula is C17H13F13O3. The topological polar surface area (TPSA) is 46.5 Å². The number of aliphatic hydroxyl groups is 1. The van der Waals surface area contributed by atoms with Gasteiger partial charge in [-0.2, -0.15) is 57.1 Å². The minimum Gasteiger partial charge on any atom is -0.427 e. The van der Waals surface area contributed by atoms with Crippen LogP contribution in [0, 0.1) is 5.92 Å². The molecule has 1 aromatic carbocycles. The summed E-state index contributed by atoms with van der Waals surface area (Å²) in [4.78, 5) is 10.9. The van der Waals surface area contributed by atoms with Crippen molar-refractivity contribution in [3.63, 3.8) is 0 Å². The Hall–Kier alpha value is -2.26. The number of halogens is 13. The van der Waals surface area contributed by atoms with Crippen LogP contribution in [0.5, 0.6) is 5.75 Å². The van der Waals surface area contributed by atoms with Gasteiger partial charge in [0.15, 0.2) is 0 Å². The van der Waals surface area contributed by atoms with Crippen LogP contribution in [0.25, 0.3) is 0 Å². The first kappa shape index (κ1) is 28.8. The quantitative estimate of drug-likeness (QED) is 0.263. The normalized spacial score (nSPS) is 16.4. The second-order valence-electron chi connectivity index (χ2n) is 6.82. The Morgan fingerprint density at radius 2 is 1.27 bits per heavy atom. The maximum absolute atomic E-state index is 14.2. The molecule has 33 heavy (non-hydrogen) atoms. The molecule has 2 unspecified atom stereocenters. The molecule has 0 saturated heterocycles. The van der Waals surface area contributed by atoms with Gasteiger partial charge in [-0.3, -0.25) is 4.79 Å². The van der Waals surface area contributed by atoms with Gasteiger partial charge in [0.2, 0.25) is 0 Å². The summed E-state index contributed by atoms with van der Waals surface area (Å²) in [5, 5.41) is 9.89. The van der Waals surface area contributed by atoms with Gasteiger partial charge in [-0.25, -0.2) is 0 Å². The van der Waals surface area contributed by atoms with Crippen LogP contribution in [0.4, 0.5) is 57.1 Å². The lowest BCUT2D eigenvalue weighted by Crippen LogP contribution is -2.71. The van der Waals surface area contributed by atoms with Crippen molar-refractivity contribution < 1.29 is 71.7 Å². The lowest BCUT2D eigenvalue weighted by molar-refractivity contribution is -0.444. The van der Waals surface area contributed by atoms with Crippen LogP contribution in [-0.4, -0.2) is 46.9 Å². The molecule has 0 radical (unpaired) electrons. The number of carbonyl (C=O) groups is 1. The highest BCUT2D eigenvalue weighted by Crippen LogP contribution is 2.62. The van der Waals surface area contributed by atoms with E-state index < -0.39 is 65.1 Å². The van der Waals surface area contributed by atoms with E-state index >= 15 is 0 Å². The van der Waals surface area contributed by atoms with Crippen LogP contribution < -0.4 is 4.74 Å². The first-order valence-electron chi connectivity index (χ1n) is 8.39. The maximum atomic E-state index is 14.2. The van der Waals surface area contributed by atoms with Gasteiger partial charge < -0.3 is 9.84 Å². The number of hydrogen-bond donors (Lipinski definition) is 1. The molecule has 1 rings (SSSR count). The Bertz CT molecular complexity index is 864. The third kappa shape index (κ3) is 4.57. The van der Waals surface area contributed by atoms with Crippen molar-refractivity contribution in [3.05, 3.63) is 29.8 Å². The van der Waals surface area contributed by atoms with Gasteiger partial charge in [0, 0.05) is 6.92 Å². The predicted octanol–water partition coefficient (Wildman–Crippen LogP) is 6.02.